The van der Waals surface area contributed by atoms with E-state index in [9.17, 15) is 0 Å². The second kappa shape index (κ2) is 6.75. The summed E-state index contributed by atoms with van der Waals surface area (Å²) >= 11 is 9.56. The van der Waals surface area contributed by atoms with Crippen LogP contribution in [-0.2, 0) is 6.42 Å². The average molecular weight is 353 g/mol. The molecular weight excluding hydrogens is 334 g/mol. The lowest BCUT2D eigenvalue weighted by atomic mass is 9.95. The Kier molecular flexibility index (Phi) is 5.25. The van der Waals surface area contributed by atoms with Gasteiger partial charge in [0.2, 0.25) is 0 Å². The van der Waals surface area contributed by atoms with Gasteiger partial charge in [0, 0.05) is 9.50 Å². The van der Waals surface area contributed by atoms with Crippen molar-refractivity contribution < 1.29 is 0 Å². The summed E-state index contributed by atoms with van der Waals surface area (Å²) in [5, 5.41) is 0.697. The third-order valence-corrected chi connectivity index (χ3v) is 3.87. The number of rotatable bonds is 4. The molecule has 0 aliphatic rings. The van der Waals surface area contributed by atoms with Gasteiger partial charge in [-0.2, -0.15) is 0 Å². The Balaban J connectivity index is 2.30. The Morgan fingerprint density at radius 2 is 1.85 bits per heavy atom. The van der Waals surface area contributed by atoms with Crippen LogP contribution in [0.1, 0.15) is 36.6 Å². The number of benzene rings is 2. The molecule has 2 aromatic carbocycles. The molecule has 0 fully saturated rings. The third-order valence-electron chi connectivity index (χ3n) is 3.20. The van der Waals surface area contributed by atoms with Crippen LogP contribution >= 0.6 is 27.5 Å². The van der Waals surface area contributed by atoms with Crippen molar-refractivity contribution in [1.82, 2.24) is 0 Å². The van der Waals surface area contributed by atoms with Gasteiger partial charge in [0.05, 0.1) is 6.04 Å². The molecule has 0 aliphatic carbocycles. The predicted molar refractivity (Wildman–Crippen MR) is 90.2 cm³/mol. The van der Waals surface area contributed by atoms with Crippen LogP contribution in [0.4, 0.5) is 0 Å². The standard InChI is InChI=1S/C17H19BrClN/c1-11(2)6-12-4-3-5-13(7-12)17(20)14-8-15(18)10-16(19)9-14/h3-5,7-11,17H,6,20H2,1-2H3. The SMILES string of the molecule is CC(C)Cc1cccc(C(N)c2cc(Cl)cc(Br)c2)c1. The number of halogens is 2. The summed E-state index contributed by atoms with van der Waals surface area (Å²) in [6.07, 6.45) is 1.07. The molecule has 0 spiro atoms. The van der Waals surface area contributed by atoms with E-state index in [1.807, 2.05) is 18.2 Å². The Morgan fingerprint density at radius 3 is 2.50 bits per heavy atom. The van der Waals surface area contributed by atoms with Crippen LogP contribution in [0.25, 0.3) is 0 Å². The predicted octanol–water partition coefficient (Wildman–Crippen LogP) is 5.35. The van der Waals surface area contributed by atoms with E-state index in [2.05, 4.69) is 54.0 Å². The molecule has 0 bridgehead atoms. The van der Waals surface area contributed by atoms with E-state index in [0.717, 1.165) is 22.0 Å². The second-order valence-corrected chi connectivity index (χ2v) is 6.88. The van der Waals surface area contributed by atoms with Gasteiger partial charge in [-0.05, 0) is 47.2 Å². The maximum atomic E-state index is 6.37. The summed E-state index contributed by atoms with van der Waals surface area (Å²) in [5.74, 6) is 0.641. The fourth-order valence-corrected chi connectivity index (χ4v) is 3.22. The fraction of sp³-hybridized carbons (Fsp3) is 0.294. The van der Waals surface area contributed by atoms with E-state index >= 15 is 0 Å². The molecule has 2 rings (SSSR count). The van der Waals surface area contributed by atoms with Gasteiger partial charge in [-0.1, -0.05) is 65.6 Å². The van der Waals surface area contributed by atoms with E-state index in [1.54, 1.807) is 0 Å². The highest BCUT2D eigenvalue weighted by Gasteiger charge is 2.11. The highest BCUT2D eigenvalue weighted by molar-refractivity contribution is 9.10. The van der Waals surface area contributed by atoms with Crippen molar-refractivity contribution in [3.8, 4) is 0 Å². The lowest BCUT2D eigenvalue weighted by molar-refractivity contribution is 0.646. The zero-order valence-corrected chi connectivity index (χ0v) is 14.1. The van der Waals surface area contributed by atoms with E-state index < -0.39 is 0 Å². The van der Waals surface area contributed by atoms with Crippen LogP contribution in [-0.4, -0.2) is 0 Å². The minimum Gasteiger partial charge on any atom is -0.320 e. The highest BCUT2D eigenvalue weighted by Crippen LogP contribution is 2.27. The van der Waals surface area contributed by atoms with E-state index in [1.165, 1.54) is 5.56 Å². The van der Waals surface area contributed by atoms with Crippen LogP contribution in [0.15, 0.2) is 46.9 Å². The Hall–Kier alpha value is -0.830. The molecule has 20 heavy (non-hydrogen) atoms. The molecule has 106 valence electrons. The first-order chi connectivity index (χ1) is 9.45. The number of hydrogen-bond acceptors (Lipinski definition) is 1. The Bertz CT molecular complexity index is 575. The molecule has 0 aromatic heterocycles. The molecule has 0 heterocycles. The van der Waals surface area contributed by atoms with E-state index in [4.69, 9.17) is 17.3 Å². The summed E-state index contributed by atoms with van der Waals surface area (Å²) < 4.78 is 0.953. The smallest absolute Gasteiger partial charge is 0.0552 e. The molecule has 2 aromatic rings. The second-order valence-electron chi connectivity index (χ2n) is 5.52. The molecule has 0 amide bonds. The van der Waals surface area contributed by atoms with E-state index in [0.29, 0.717) is 10.9 Å². The van der Waals surface area contributed by atoms with Crippen LogP contribution in [0.2, 0.25) is 5.02 Å². The summed E-state index contributed by atoms with van der Waals surface area (Å²) in [7, 11) is 0. The Morgan fingerprint density at radius 1 is 1.10 bits per heavy atom. The minimum atomic E-state index is -0.155. The summed E-state index contributed by atoms with van der Waals surface area (Å²) in [5.41, 5.74) is 9.84. The zero-order chi connectivity index (χ0) is 14.7. The number of nitrogens with two attached hydrogens (primary N) is 1. The Labute approximate surface area is 134 Å². The fourth-order valence-electron chi connectivity index (χ4n) is 2.33. The monoisotopic (exact) mass is 351 g/mol. The van der Waals surface area contributed by atoms with Crippen LogP contribution < -0.4 is 5.73 Å². The van der Waals surface area contributed by atoms with Crippen molar-refractivity contribution in [2.24, 2.45) is 11.7 Å². The summed E-state index contributed by atoms with van der Waals surface area (Å²) in [4.78, 5) is 0. The van der Waals surface area contributed by atoms with Crippen LogP contribution in [0.3, 0.4) is 0 Å². The normalized spacial score (nSPS) is 12.7. The summed E-state index contributed by atoms with van der Waals surface area (Å²) in [6.45, 7) is 4.45. The van der Waals surface area contributed by atoms with Crippen molar-refractivity contribution >= 4 is 27.5 Å². The quantitative estimate of drug-likeness (QED) is 0.788. The van der Waals surface area contributed by atoms with Crippen molar-refractivity contribution in [3.05, 3.63) is 68.7 Å². The molecule has 2 N–H and O–H groups in total. The molecule has 0 saturated heterocycles. The van der Waals surface area contributed by atoms with Crippen LogP contribution in [0, 0.1) is 5.92 Å². The van der Waals surface area contributed by atoms with Gasteiger partial charge in [0.15, 0.2) is 0 Å². The van der Waals surface area contributed by atoms with Gasteiger partial charge in [-0.15, -0.1) is 0 Å². The first kappa shape index (κ1) is 15.6. The lowest BCUT2D eigenvalue weighted by Gasteiger charge is -2.15. The van der Waals surface area contributed by atoms with Gasteiger partial charge < -0.3 is 5.73 Å². The molecule has 0 saturated carbocycles. The van der Waals surface area contributed by atoms with Crippen molar-refractivity contribution in [2.45, 2.75) is 26.3 Å². The van der Waals surface area contributed by atoms with Gasteiger partial charge in [-0.25, -0.2) is 0 Å². The number of hydrogen-bond donors (Lipinski definition) is 1. The third kappa shape index (κ3) is 4.08. The van der Waals surface area contributed by atoms with Crippen molar-refractivity contribution in [1.29, 1.82) is 0 Å². The first-order valence-corrected chi connectivity index (χ1v) is 7.93. The first-order valence-electron chi connectivity index (χ1n) is 6.76. The zero-order valence-electron chi connectivity index (χ0n) is 11.7. The van der Waals surface area contributed by atoms with E-state index in [-0.39, 0.29) is 6.04 Å². The van der Waals surface area contributed by atoms with Crippen LogP contribution in [0.5, 0.6) is 0 Å². The average Bonchev–Trinajstić information content (AvgIpc) is 2.36. The summed E-state index contributed by atoms with van der Waals surface area (Å²) in [6, 6.07) is 14.2. The van der Waals surface area contributed by atoms with Gasteiger partial charge in [0.1, 0.15) is 0 Å². The maximum Gasteiger partial charge on any atom is 0.0552 e. The largest absolute Gasteiger partial charge is 0.320 e. The molecule has 0 aliphatic heterocycles. The van der Waals surface area contributed by atoms with Crippen molar-refractivity contribution in [3.63, 3.8) is 0 Å². The molecule has 0 radical (unpaired) electrons. The highest BCUT2D eigenvalue weighted by atomic mass is 79.9. The van der Waals surface area contributed by atoms with Gasteiger partial charge in [-0.3, -0.25) is 0 Å². The minimum absolute atomic E-state index is 0.155. The maximum absolute atomic E-state index is 6.37. The molecule has 1 unspecified atom stereocenters. The van der Waals surface area contributed by atoms with Gasteiger partial charge >= 0.3 is 0 Å². The molecule has 1 nitrogen and oxygen atoms in total. The molecule has 1 atom stereocenters. The molecular formula is C17H19BrClN. The molecule has 3 heteroatoms. The van der Waals surface area contributed by atoms with Crippen molar-refractivity contribution in [2.75, 3.05) is 0 Å². The lowest BCUT2D eigenvalue weighted by Crippen LogP contribution is -2.12. The topological polar surface area (TPSA) is 26.0 Å². The van der Waals surface area contributed by atoms with Gasteiger partial charge in [0.25, 0.3) is 0 Å².